The second-order valence-corrected chi connectivity index (χ2v) is 5.12. The lowest BCUT2D eigenvalue weighted by Gasteiger charge is -2.30. The van der Waals surface area contributed by atoms with E-state index in [9.17, 15) is 4.39 Å². The first-order valence-corrected chi connectivity index (χ1v) is 6.97. The van der Waals surface area contributed by atoms with Crippen molar-refractivity contribution in [2.24, 2.45) is 5.73 Å². The summed E-state index contributed by atoms with van der Waals surface area (Å²) in [6, 6.07) is 12.2. The molecule has 0 saturated heterocycles. The third kappa shape index (κ3) is 3.28. The summed E-state index contributed by atoms with van der Waals surface area (Å²) in [5.41, 5.74) is 7.55. The first-order valence-electron chi connectivity index (χ1n) is 6.59. The van der Waals surface area contributed by atoms with Crippen LogP contribution in [0.3, 0.4) is 0 Å². The van der Waals surface area contributed by atoms with Gasteiger partial charge in [0.05, 0.1) is 23.9 Å². The van der Waals surface area contributed by atoms with Gasteiger partial charge < -0.3 is 15.4 Å². The van der Waals surface area contributed by atoms with Gasteiger partial charge in [0.15, 0.2) is 0 Å². The molecule has 5 heteroatoms. The Hall–Kier alpha value is -1.78. The molecule has 0 aromatic heterocycles. The van der Waals surface area contributed by atoms with Gasteiger partial charge in [0.25, 0.3) is 0 Å². The summed E-state index contributed by atoms with van der Waals surface area (Å²) in [6.07, 6.45) is 0. The topological polar surface area (TPSA) is 38.5 Å². The van der Waals surface area contributed by atoms with Crippen LogP contribution in [0.4, 0.5) is 10.1 Å². The SMILES string of the molecule is COc1ccccc1N(C)C(CN)c1ccc(Cl)c(F)c1. The van der Waals surface area contributed by atoms with Crippen molar-refractivity contribution in [3.8, 4) is 5.75 Å². The maximum atomic E-state index is 13.7. The van der Waals surface area contributed by atoms with E-state index in [2.05, 4.69) is 0 Å². The van der Waals surface area contributed by atoms with E-state index in [0.717, 1.165) is 17.0 Å². The van der Waals surface area contributed by atoms with E-state index in [1.807, 2.05) is 36.2 Å². The zero-order valence-electron chi connectivity index (χ0n) is 12.0. The highest BCUT2D eigenvalue weighted by Gasteiger charge is 2.19. The zero-order chi connectivity index (χ0) is 15.4. The molecule has 0 heterocycles. The van der Waals surface area contributed by atoms with Crippen LogP contribution in [0.25, 0.3) is 0 Å². The molecule has 0 spiro atoms. The van der Waals surface area contributed by atoms with E-state index in [1.54, 1.807) is 19.2 Å². The van der Waals surface area contributed by atoms with Crippen molar-refractivity contribution < 1.29 is 9.13 Å². The van der Waals surface area contributed by atoms with E-state index < -0.39 is 5.82 Å². The van der Waals surface area contributed by atoms with Crippen LogP contribution in [-0.2, 0) is 0 Å². The molecular weight excluding hydrogens is 291 g/mol. The second kappa shape index (κ2) is 6.78. The zero-order valence-corrected chi connectivity index (χ0v) is 12.8. The summed E-state index contributed by atoms with van der Waals surface area (Å²) >= 11 is 5.73. The van der Waals surface area contributed by atoms with Crippen molar-refractivity contribution in [2.45, 2.75) is 6.04 Å². The third-order valence-electron chi connectivity index (χ3n) is 3.48. The summed E-state index contributed by atoms with van der Waals surface area (Å²) in [5, 5.41) is 0.106. The van der Waals surface area contributed by atoms with E-state index in [4.69, 9.17) is 22.1 Å². The first-order chi connectivity index (χ1) is 10.1. The summed E-state index contributed by atoms with van der Waals surface area (Å²) in [7, 11) is 3.52. The summed E-state index contributed by atoms with van der Waals surface area (Å²) in [5.74, 6) is 0.300. The number of rotatable bonds is 5. The number of benzene rings is 2. The van der Waals surface area contributed by atoms with Crippen LogP contribution >= 0.6 is 11.6 Å². The number of para-hydroxylation sites is 2. The fourth-order valence-corrected chi connectivity index (χ4v) is 2.44. The molecule has 112 valence electrons. The smallest absolute Gasteiger partial charge is 0.142 e. The van der Waals surface area contributed by atoms with Crippen molar-refractivity contribution in [1.82, 2.24) is 0 Å². The van der Waals surface area contributed by atoms with Gasteiger partial charge in [0, 0.05) is 13.6 Å². The largest absolute Gasteiger partial charge is 0.495 e. The van der Waals surface area contributed by atoms with E-state index in [1.165, 1.54) is 6.07 Å². The standard InChI is InChI=1S/C16H18ClFN2O/c1-20(14-5-3-4-6-16(14)21-2)15(10-19)11-7-8-12(17)13(18)9-11/h3-9,15H,10,19H2,1-2H3. The van der Waals surface area contributed by atoms with Gasteiger partial charge in [-0.25, -0.2) is 4.39 Å². The number of nitrogens with two attached hydrogens (primary N) is 1. The van der Waals surface area contributed by atoms with Crippen LogP contribution in [-0.4, -0.2) is 20.7 Å². The lowest BCUT2D eigenvalue weighted by Crippen LogP contribution is -2.30. The molecule has 0 bridgehead atoms. The maximum Gasteiger partial charge on any atom is 0.142 e. The van der Waals surface area contributed by atoms with E-state index in [0.29, 0.717) is 6.54 Å². The quantitative estimate of drug-likeness (QED) is 0.917. The number of likely N-dealkylation sites (N-methyl/N-ethyl adjacent to an activating group) is 1. The average Bonchev–Trinajstić information content (AvgIpc) is 2.51. The molecule has 21 heavy (non-hydrogen) atoms. The van der Waals surface area contributed by atoms with Crippen LogP contribution in [0.5, 0.6) is 5.75 Å². The summed E-state index contributed by atoms with van der Waals surface area (Å²) < 4.78 is 19.0. The molecule has 0 aliphatic rings. The lowest BCUT2D eigenvalue weighted by atomic mass is 10.0. The molecule has 0 fully saturated rings. The van der Waals surface area contributed by atoms with Crippen LogP contribution in [0.1, 0.15) is 11.6 Å². The van der Waals surface area contributed by atoms with Crippen molar-refractivity contribution in [2.75, 3.05) is 25.6 Å². The number of anilines is 1. The predicted octanol–water partition coefficient (Wildman–Crippen LogP) is 3.62. The highest BCUT2D eigenvalue weighted by Crippen LogP contribution is 2.33. The number of ether oxygens (including phenoxy) is 1. The highest BCUT2D eigenvalue weighted by atomic mass is 35.5. The van der Waals surface area contributed by atoms with Gasteiger partial charge in [-0.05, 0) is 29.8 Å². The van der Waals surface area contributed by atoms with Gasteiger partial charge >= 0.3 is 0 Å². The molecular formula is C16H18ClFN2O. The van der Waals surface area contributed by atoms with Gasteiger partial charge in [-0.2, -0.15) is 0 Å². The summed E-state index contributed by atoms with van der Waals surface area (Å²) in [6.45, 7) is 0.343. The minimum Gasteiger partial charge on any atom is -0.495 e. The number of nitrogens with zero attached hydrogens (tertiary/aromatic N) is 1. The Balaban J connectivity index is 2.38. The first kappa shape index (κ1) is 15.6. The molecule has 0 aliphatic heterocycles. The average molecular weight is 309 g/mol. The van der Waals surface area contributed by atoms with Crippen molar-refractivity contribution in [3.05, 3.63) is 58.9 Å². The van der Waals surface area contributed by atoms with Crippen LogP contribution < -0.4 is 15.4 Å². The molecule has 0 aliphatic carbocycles. The van der Waals surface area contributed by atoms with Gasteiger partial charge in [-0.15, -0.1) is 0 Å². The fraction of sp³-hybridized carbons (Fsp3) is 0.250. The Morgan fingerprint density at radius 2 is 2.00 bits per heavy atom. The molecule has 2 aromatic carbocycles. The summed E-state index contributed by atoms with van der Waals surface area (Å²) in [4.78, 5) is 1.97. The third-order valence-corrected chi connectivity index (χ3v) is 3.79. The van der Waals surface area contributed by atoms with E-state index >= 15 is 0 Å². The molecule has 0 radical (unpaired) electrons. The normalized spacial score (nSPS) is 12.0. The maximum absolute atomic E-state index is 13.7. The highest BCUT2D eigenvalue weighted by molar-refractivity contribution is 6.30. The molecule has 0 saturated carbocycles. The Bertz CT molecular complexity index is 621. The molecule has 3 nitrogen and oxygen atoms in total. The molecule has 0 amide bonds. The molecule has 1 unspecified atom stereocenters. The molecule has 2 N–H and O–H groups in total. The second-order valence-electron chi connectivity index (χ2n) is 4.71. The van der Waals surface area contributed by atoms with Gasteiger partial charge in [0.1, 0.15) is 11.6 Å². The van der Waals surface area contributed by atoms with Crippen molar-refractivity contribution in [3.63, 3.8) is 0 Å². The van der Waals surface area contributed by atoms with Crippen LogP contribution in [0.15, 0.2) is 42.5 Å². The predicted molar refractivity (Wildman–Crippen MR) is 84.6 cm³/mol. The minimum absolute atomic E-state index is 0.106. The Morgan fingerprint density at radius 1 is 1.29 bits per heavy atom. The monoisotopic (exact) mass is 308 g/mol. The number of hydrogen-bond acceptors (Lipinski definition) is 3. The van der Waals surface area contributed by atoms with Crippen molar-refractivity contribution >= 4 is 17.3 Å². The van der Waals surface area contributed by atoms with Gasteiger partial charge in [0.2, 0.25) is 0 Å². The number of halogens is 2. The molecule has 2 rings (SSSR count). The number of hydrogen-bond donors (Lipinski definition) is 1. The number of methoxy groups -OCH3 is 1. The molecule has 1 atom stereocenters. The van der Waals surface area contributed by atoms with Gasteiger partial charge in [-0.3, -0.25) is 0 Å². The Kier molecular flexibility index (Phi) is 5.04. The Labute approximate surface area is 129 Å². The van der Waals surface area contributed by atoms with Crippen LogP contribution in [0.2, 0.25) is 5.02 Å². The van der Waals surface area contributed by atoms with E-state index in [-0.39, 0.29) is 11.1 Å². The van der Waals surface area contributed by atoms with Crippen molar-refractivity contribution in [1.29, 1.82) is 0 Å². The fourth-order valence-electron chi connectivity index (χ4n) is 2.33. The lowest BCUT2D eigenvalue weighted by molar-refractivity contribution is 0.413. The van der Waals surface area contributed by atoms with Crippen LogP contribution in [0, 0.1) is 5.82 Å². The van der Waals surface area contributed by atoms with Gasteiger partial charge in [-0.1, -0.05) is 29.8 Å². The minimum atomic E-state index is -0.443. The molecule has 2 aromatic rings. The Morgan fingerprint density at radius 3 is 2.62 bits per heavy atom.